The molecule has 23 heavy (non-hydrogen) atoms. The van der Waals surface area contributed by atoms with Crippen LogP contribution in [0.3, 0.4) is 0 Å². The zero-order valence-electron chi connectivity index (χ0n) is 12.7. The minimum Gasteiger partial charge on any atom is -0.309 e. The Hall–Kier alpha value is -2.95. The Morgan fingerprint density at radius 2 is 2.00 bits per heavy atom. The molecule has 3 heterocycles. The van der Waals surface area contributed by atoms with Crippen LogP contribution in [0.2, 0.25) is 0 Å². The average molecular weight is 304 g/mol. The second-order valence-corrected chi connectivity index (χ2v) is 5.78. The van der Waals surface area contributed by atoms with Gasteiger partial charge in [0.2, 0.25) is 5.91 Å². The number of aromatic nitrogens is 3. The topological polar surface area (TPSA) is 59.8 Å². The van der Waals surface area contributed by atoms with Crippen LogP contribution in [0, 0.1) is 0 Å². The lowest BCUT2D eigenvalue weighted by Crippen LogP contribution is -2.22. The number of aryl methyl sites for hydroxylation is 1. The normalized spacial score (nSPS) is 16.7. The third kappa shape index (κ3) is 2.50. The molecule has 3 aromatic rings. The molecule has 1 unspecified atom stereocenters. The lowest BCUT2D eigenvalue weighted by atomic mass is 9.87. The molecule has 5 nitrogen and oxygen atoms in total. The van der Waals surface area contributed by atoms with Gasteiger partial charge >= 0.3 is 0 Å². The highest BCUT2D eigenvalue weighted by atomic mass is 16.1. The predicted molar refractivity (Wildman–Crippen MR) is 88.0 cm³/mol. The van der Waals surface area contributed by atoms with Crippen LogP contribution in [0.15, 0.2) is 55.0 Å². The van der Waals surface area contributed by atoms with Crippen molar-refractivity contribution in [3.63, 3.8) is 0 Å². The van der Waals surface area contributed by atoms with Gasteiger partial charge in [-0.3, -0.25) is 14.5 Å². The highest BCUT2D eigenvalue weighted by Crippen LogP contribution is 2.36. The van der Waals surface area contributed by atoms with E-state index in [1.54, 1.807) is 10.9 Å². The summed E-state index contributed by atoms with van der Waals surface area (Å²) in [4.78, 5) is 16.1. The van der Waals surface area contributed by atoms with Gasteiger partial charge in [-0.05, 0) is 22.8 Å². The number of anilines is 1. The Balaban J connectivity index is 1.70. The molecule has 0 aliphatic carbocycles. The molecule has 0 radical (unpaired) electrons. The number of amides is 1. The highest BCUT2D eigenvalue weighted by molar-refractivity contribution is 5.94. The maximum Gasteiger partial charge on any atom is 0.226 e. The second-order valence-electron chi connectivity index (χ2n) is 5.78. The minimum absolute atomic E-state index is 0.0116. The monoisotopic (exact) mass is 304 g/mol. The maximum absolute atomic E-state index is 11.9. The average Bonchev–Trinajstić information content (AvgIpc) is 2.95. The summed E-state index contributed by atoms with van der Waals surface area (Å²) >= 11 is 0. The number of rotatable bonds is 2. The first kappa shape index (κ1) is 13.7. The molecule has 1 aliphatic rings. The first-order valence-corrected chi connectivity index (χ1v) is 7.54. The van der Waals surface area contributed by atoms with Crippen LogP contribution in [-0.4, -0.2) is 20.7 Å². The molecule has 0 spiro atoms. The molecule has 1 amide bonds. The van der Waals surface area contributed by atoms with E-state index in [0.29, 0.717) is 12.2 Å². The number of carbonyl (C=O) groups is 1. The smallest absolute Gasteiger partial charge is 0.226 e. The summed E-state index contributed by atoms with van der Waals surface area (Å²) in [6, 6.07) is 12.3. The number of nitrogens with one attached hydrogen (secondary N) is 1. The largest absolute Gasteiger partial charge is 0.309 e. The van der Waals surface area contributed by atoms with Gasteiger partial charge in [-0.1, -0.05) is 30.3 Å². The summed E-state index contributed by atoms with van der Waals surface area (Å²) in [5.74, 6) is 0.734. The van der Waals surface area contributed by atoms with Crippen molar-refractivity contribution < 1.29 is 4.79 Å². The van der Waals surface area contributed by atoms with Crippen LogP contribution < -0.4 is 5.32 Å². The molecule has 1 aromatic carbocycles. The SMILES string of the molecule is Cn1cc2c(n1)NC(=O)CC2c1ccc(-c2cccnc2)cc1. The van der Waals surface area contributed by atoms with Crippen molar-refractivity contribution in [3.05, 3.63) is 66.1 Å². The van der Waals surface area contributed by atoms with Gasteiger partial charge in [-0.2, -0.15) is 5.10 Å². The summed E-state index contributed by atoms with van der Waals surface area (Å²) in [7, 11) is 1.87. The molecular formula is C18H16N4O. The number of hydrogen-bond acceptors (Lipinski definition) is 3. The van der Waals surface area contributed by atoms with Crippen molar-refractivity contribution in [1.82, 2.24) is 14.8 Å². The number of pyridine rings is 1. The van der Waals surface area contributed by atoms with E-state index in [2.05, 4.69) is 39.7 Å². The molecule has 4 rings (SSSR count). The Morgan fingerprint density at radius 1 is 1.17 bits per heavy atom. The predicted octanol–water partition coefficient (Wildman–Crippen LogP) is 2.96. The molecule has 0 saturated heterocycles. The fourth-order valence-electron chi connectivity index (χ4n) is 3.08. The molecule has 114 valence electrons. The Bertz CT molecular complexity index is 852. The summed E-state index contributed by atoms with van der Waals surface area (Å²) in [5, 5.41) is 7.16. The molecule has 1 aliphatic heterocycles. The molecule has 0 bridgehead atoms. The number of hydrogen-bond donors (Lipinski definition) is 1. The molecule has 5 heteroatoms. The fourth-order valence-corrected chi connectivity index (χ4v) is 3.08. The number of benzene rings is 1. The van der Waals surface area contributed by atoms with Crippen LogP contribution in [0.25, 0.3) is 11.1 Å². The molecule has 2 aromatic heterocycles. The third-order valence-corrected chi connectivity index (χ3v) is 4.19. The van der Waals surface area contributed by atoms with E-state index in [0.717, 1.165) is 22.3 Å². The summed E-state index contributed by atoms with van der Waals surface area (Å²) in [6.45, 7) is 0. The molecule has 1 N–H and O–H groups in total. The lowest BCUT2D eigenvalue weighted by Gasteiger charge is -2.22. The van der Waals surface area contributed by atoms with E-state index in [-0.39, 0.29) is 11.8 Å². The van der Waals surface area contributed by atoms with E-state index in [4.69, 9.17) is 0 Å². The molecule has 0 saturated carbocycles. The van der Waals surface area contributed by atoms with Gasteiger partial charge in [0, 0.05) is 43.5 Å². The molecular weight excluding hydrogens is 288 g/mol. The summed E-state index contributed by atoms with van der Waals surface area (Å²) in [5.41, 5.74) is 4.40. The quantitative estimate of drug-likeness (QED) is 0.792. The van der Waals surface area contributed by atoms with E-state index >= 15 is 0 Å². The van der Waals surface area contributed by atoms with Gasteiger partial charge in [-0.25, -0.2) is 0 Å². The fraction of sp³-hybridized carbons (Fsp3) is 0.167. The number of nitrogens with zero attached hydrogens (tertiary/aromatic N) is 3. The van der Waals surface area contributed by atoms with Gasteiger partial charge < -0.3 is 5.32 Å². The Morgan fingerprint density at radius 3 is 2.74 bits per heavy atom. The van der Waals surface area contributed by atoms with E-state index in [1.807, 2.05) is 31.6 Å². The molecule has 0 fully saturated rings. The zero-order valence-corrected chi connectivity index (χ0v) is 12.7. The minimum atomic E-state index is 0.0116. The van der Waals surface area contributed by atoms with E-state index < -0.39 is 0 Å². The van der Waals surface area contributed by atoms with Crippen LogP contribution >= 0.6 is 0 Å². The third-order valence-electron chi connectivity index (χ3n) is 4.19. The highest BCUT2D eigenvalue weighted by Gasteiger charge is 2.28. The Kier molecular flexibility index (Phi) is 3.19. The molecule has 1 atom stereocenters. The van der Waals surface area contributed by atoms with Crippen molar-refractivity contribution in [1.29, 1.82) is 0 Å². The van der Waals surface area contributed by atoms with Crippen LogP contribution in [0.5, 0.6) is 0 Å². The van der Waals surface area contributed by atoms with Crippen LogP contribution in [0.1, 0.15) is 23.5 Å². The first-order valence-electron chi connectivity index (χ1n) is 7.54. The van der Waals surface area contributed by atoms with Crippen molar-refractivity contribution in [2.24, 2.45) is 7.05 Å². The summed E-state index contributed by atoms with van der Waals surface area (Å²) < 4.78 is 1.74. The van der Waals surface area contributed by atoms with Gasteiger partial charge in [0.05, 0.1) is 0 Å². The van der Waals surface area contributed by atoms with Gasteiger partial charge in [-0.15, -0.1) is 0 Å². The van der Waals surface area contributed by atoms with Crippen molar-refractivity contribution >= 4 is 11.7 Å². The van der Waals surface area contributed by atoms with Crippen molar-refractivity contribution in [3.8, 4) is 11.1 Å². The number of carbonyl (C=O) groups excluding carboxylic acids is 1. The van der Waals surface area contributed by atoms with Gasteiger partial charge in [0.25, 0.3) is 0 Å². The lowest BCUT2D eigenvalue weighted by molar-refractivity contribution is -0.116. The first-order chi connectivity index (χ1) is 11.2. The zero-order chi connectivity index (χ0) is 15.8. The van der Waals surface area contributed by atoms with Crippen LogP contribution in [-0.2, 0) is 11.8 Å². The van der Waals surface area contributed by atoms with Crippen molar-refractivity contribution in [2.45, 2.75) is 12.3 Å². The van der Waals surface area contributed by atoms with E-state index in [1.165, 1.54) is 0 Å². The Labute approximate surface area is 134 Å². The van der Waals surface area contributed by atoms with Gasteiger partial charge in [0.15, 0.2) is 5.82 Å². The van der Waals surface area contributed by atoms with E-state index in [9.17, 15) is 4.79 Å². The standard InChI is InChI=1S/C18H16N4O/c1-22-11-16-15(9-17(23)20-18(16)21-22)13-6-4-12(5-7-13)14-3-2-8-19-10-14/h2-8,10-11,15H,9H2,1H3,(H,20,21,23). The number of fused-ring (bicyclic) bond motifs is 1. The van der Waals surface area contributed by atoms with Crippen molar-refractivity contribution in [2.75, 3.05) is 5.32 Å². The summed E-state index contributed by atoms with van der Waals surface area (Å²) in [6.07, 6.45) is 6.05. The second kappa shape index (κ2) is 5.35. The van der Waals surface area contributed by atoms with Gasteiger partial charge in [0.1, 0.15) is 0 Å². The van der Waals surface area contributed by atoms with Crippen LogP contribution in [0.4, 0.5) is 5.82 Å². The maximum atomic E-state index is 11.9.